The Balaban J connectivity index is 1.52. The molecule has 0 atom stereocenters. The second-order valence-corrected chi connectivity index (χ2v) is 6.89. The Morgan fingerprint density at radius 1 is 0.741 bits per heavy atom. The Kier molecular flexibility index (Phi) is 4.88. The minimum absolute atomic E-state index is 0.0548. The summed E-state index contributed by atoms with van der Waals surface area (Å²) in [6.45, 7) is 1.41. The van der Waals surface area contributed by atoms with Crippen molar-refractivity contribution in [1.82, 2.24) is 9.47 Å². The van der Waals surface area contributed by atoms with E-state index in [1.165, 1.54) is 0 Å². The van der Waals surface area contributed by atoms with Crippen LogP contribution in [0.4, 0.5) is 0 Å². The van der Waals surface area contributed by atoms with Gasteiger partial charge in [0.15, 0.2) is 5.78 Å². The van der Waals surface area contributed by atoms with Crippen LogP contribution in [0.3, 0.4) is 0 Å². The number of ketones is 1. The summed E-state index contributed by atoms with van der Waals surface area (Å²) in [5.41, 5.74) is 1.57. The van der Waals surface area contributed by atoms with Gasteiger partial charge in [-0.2, -0.15) is 0 Å². The van der Waals surface area contributed by atoms with Crippen LogP contribution in [0.25, 0.3) is 0 Å². The van der Waals surface area contributed by atoms with E-state index in [2.05, 4.69) is 17.0 Å². The van der Waals surface area contributed by atoms with Crippen LogP contribution in [0.2, 0.25) is 0 Å². The zero-order chi connectivity index (χ0) is 18.6. The van der Waals surface area contributed by atoms with Crippen LogP contribution in [0.1, 0.15) is 45.2 Å². The monoisotopic (exact) mass is 358 g/mol. The number of hydrogen-bond donors (Lipinski definition) is 0. The summed E-state index contributed by atoms with van der Waals surface area (Å²) in [4.78, 5) is 27.9. The first-order valence-corrected chi connectivity index (χ1v) is 9.34. The van der Waals surface area contributed by atoms with E-state index in [4.69, 9.17) is 0 Å². The van der Waals surface area contributed by atoms with E-state index in [-0.39, 0.29) is 11.7 Å². The maximum atomic E-state index is 13.1. The maximum Gasteiger partial charge on any atom is 0.254 e. The quantitative estimate of drug-likeness (QED) is 0.656. The largest absolute Gasteiger partial charge is 0.351 e. The summed E-state index contributed by atoms with van der Waals surface area (Å²) in [5.74, 6) is -0.164. The fraction of sp³-hybridized carbons (Fsp3) is 0.217. The lowest BCUT2D eigenvalue weighted by Crippen LogP contribution is -2.39. The van der Waals surface area contributed by atoms with Crippen molar-refractivity contribution >= 4 is 11.7 Å². The number of rotatable bonds is 4. The van der Waals surface area contributed by atoms with Crippen molar-refractivity contribution in [3.8, 4) is 0 Å². The lowest BCUT2D eigenvalue weighted by atomic mass is 9.96. The minimum atomic E-state index is -0.109. The first kappa shape index (κ1) is 17.3. The van der Waals surface area contributed by atoms with Crippen LogP contribution in [-0.4, -0.2) is 34.2 Å². The molecule has 0 spiro atoms. The number of amides is 1. The molecule has 3 aromatic rings. The van der Waals surface area contributed by atoms with Crippen LogP contribution in [-0.2, 0) is 0 Å². The van der Waals surface area contributed by atoms with Crippen molar-refractivity contribution in [3.63, 3.8) is 0 Å². The molecule has 27 heavy (non-hydrogen) atoms. The molecule has 0 bridgehead atoms. The number of benzene rings is 2. The topological polar surface area (TPSA) is 42.3 Å². The normalized spacial score (nSPS) is 14.9. The van der Waals surface area contributed by atoms with Gasteiger partial charge in [0, 0.05) is 42.7 Å². The van der Waals surface area contributed by atoms with E-state index in [1.54, 1.807) is 24.3 Å². The maximum absolute atomic E-state index is 13.1. The smallest absolute Gasteiger partial charge is 0.254 e. The molecule has 1 amide bonds. The molecule has 4 heteroatoms. The molecule has 1 aliphatic rings. The van der Waals surface area contributed by atoms with Crippen molar-refractivity contribution < 1.29 is 9.59 Å². The predicted molar refractivity (Wildman–Crippen MR) is 105 cm³/mol. The van der Waals surface area contributed by atoms with Crippen molar-refractivity contribution in [3.05, 3.63) is 95.8 Å². The van der Waals surface area contributed by atoms with Gasteiger partial charge in [-0.1, -0.05) is 48.5 Å². The van der Waals surface area contributed by atoms with Crippen molar-refractivity contribution in [1.29, 1.82) is 0 Å². The highest BCUT2D eigenvalue weighted by Gasteiger charge is 2.26. The fourth-order valence-electron chi connectivity index (χ4n) is 3.74. The van der Waals surface area contributed by atoms with Gasteiger partial charge in [-0.15, -0.1) is 0 Å². The van der Waals surface area contributed by atoms with E-state index in [1.807, 2.05) is 47.4 Å². The standard InChI is InChI=1S/C23H22N2O2/c26-22(18-8-2-1-3-9-18)20-10-4-5-11-21(20)23(27)25-16-12-19(13-17-25)24-14-6-7-15-24/h1-11,14-15,19H,12-13,16-17H2. The number of piperidine rings is 1. The predicted octanol–water partition coefficient (Wildman–Crippen LogP) is 4.20. The van der Waals surface area contributed by atoms with Crippen LogP contribution < -0.4 is 0 Å². The zero-order valence-corrected chi connectivity index (χ0v) is 15.1. The van der Waals surface area contributed by atoms with E-state index in [0.717, 1.165) is 12.8 Å². The third-order valence-corrected chi connectivity index (χ3v) is 5.24. The SMILES string of the molecule is O=C(c1ccccc1)c1ccccc1C(=O)N1CCC(n2cccc2)CC1. The molecule has 1 fully saturated rings. The van der Waals surface area contributed by atoms with E-state index in [9.17, 15) is 9.59 Å². The summed E-state index contributed by atoms with van der Waals surface area (Å²) < 4.78 is 2.22. The van der Waals surface area contributed by atoms with Gasteiger partial charge < -0.3 is 9.47 Å². The molecule has 0 unspecified atom stereocenters. The average molecular weight is 358 g/mol. The lowest BCUT2D eigenvalue weighted by Gasteiger charge is -2.33. The summed E-state index contributed by atoms with van der Waals surface area (Å²) >= 11 is 0. The molecule has 0 N–H and O–H groups in total. The summed E-state index contributed by atoms with van der Waals surface area (Å²) in [6, 6.07) is 20.8. The molecule has 4 rings (SSSR count). The Bertz CT molecular complexity index is 924. The molecule has 1 aliphatic heterocycles. The van der Waals surface area contributed by atoms with Crippen LogP contribution in [0.15, 0.2) is 79.1 Å². The van der Waals surface area contributed by atoms with Crippen molar-refractivity contribution in [2.75, 3.05) is 13.1 Å². The van der Waals surface area contributed by atoms with Gasteiger partial charge in [-0.25, -0.2) is 0 Å². The first-order chi connectivity index (χ1) is 13.2. The second-order valence-electron chi connectivity index (χ2n) is 6.89. The number of aromatic nitrogens is 1. The first-order valence-electron chi connectivity index (χ1n) is 9.34. The molecule has 1 aromatic heterocycles. The third kappa shape index (κ3) is 3.56. The number of hydrogen-bond acceptors (Lipinski definition) is 2. The average Bonchev–Trinajstić information content (AvgIpc) is 3.28. The highest BCUT2D eigenvalue weighted by Crippen LogP contribution is 2.25. The minimum Gasteiger partial charge on any atom is -0.351 e. The van der Waals surface area contributed by atoms with E-state index >= 15 is 0 Å². The van der Waals surface area contributed by atoms with Crippen LogP contribution in [0, 0.1) is 0 Å². The van der Waals surface area contributed by atoms with Gasteiger partial charge in [-0.05, 0) is 31.0 Å². The number of likely N-dealkylation sites (tertiary alicyclic amines) is 1. The molecule has 0 saturated carbocycles. The molecule has 4 nitrogen and oxygen atoms in total. The summed E-state index contributed by atoms with van der Waals surface area (Å²) in [7, 11) is 0. The van der Waals surface area contributed by atoms with Crippen molar-refractivity contribution in [2.45, 2.75) is 18.9 Å². The summed E-state index contributed by atoms with van der Waals surface area (Å²) in [6.07, 6.45) is 6.01. The Morgan fingerprint density at radius 3 is 2.00 bits per heavy atom. The van der Waals surface area contributed by atoms with Crippen molar-refractivity contribution in [2.24, 2.45) is 0 Å². The molecule has 136 valence electrons. The van der Waals surface area contributed by atoms with Gasteiger partial charge in [0.2, 0.25) is 0 Å². The highest BCUT2D eigenvalue weighted by molar-refractivity contribution is 6.15. The number of carbonyl (C=O) groups excluding carboxylic acids is 2. The Morgan fingerprint density at radius 2 is 1.33 bits per heavy atom. The molecule has 2 heterocycles. The zero-order valence-electron chi connectivity index (χ0n) is 15.1. The van der Waals surface area contributed by atoms with Gasteiger partial charge in [0.05, 0.1) is 5.56 Å². The highest BCUT2D eigenvalue weighted by atomic mass is 16.2. The Labute approximate surface area is 159 Å². The fourth-order valence-corrected chi connectivity index (χ4v) is 3.74. The molecule has 2 aromatic carbocycles. The molecular formula is C23H22N2O2. The lowest BCUT2D eigenvalue weighted by molar-refractivity contribution is 0.0691. The number of carbonyl (C=O) groups is 2. The van der Waals surface area contributed by atoms with E-state index < -0.39 is 0 Å². The molecule has 0 aliphatic carbocycles. The van der Waals surface area contributed by atoms with Gasteiger partial charge in [0.1, 0.15) is 0 Å². The van der Waals surface area contributed by atoms with Gasteiger partial charge >= 0.3 is 0 Å². The second kappa shape index (κ2) is 7.62. The third-order valence-electron chi connectivity index (χ3n) is 5.24. The van der Waals surface area contributed by atoms with Crippen LogP contribution in [0.5, 0.6) is 0 Å². The Hall–Kier alpha value is -3.14. The summed E-state index contributed by atoms with van der Waals surface area (Å²) in [5, 5.41) is 0. The van der Waals surface area contributed by atoms with Gasteiger partial charge in [0.25, 0.3) is 5.91 Å². The molecule has 1 saturated heterocycles. The molecule has 0 radical (unpaired) electrons. The van der Waals surface area contributed by atoms with Crippen LogP contribution >= 0.6 is 0 Å². The van der Waals surface area contributed by atoms with Gasteiger partial charge in [-0.3, -0.25) is 9.59 Å². The van der Waals surface area contributed by atoms with E-state index in [0.29, 0.717) is 35.8 Å². The molecular weight excluding hydrogens is 336 g/mol. The number of nitrogens with zero attached hydrogens (tertiary/aromatic N) is 2.